The number of nitrogens with zero attached hydrogens (tertiary/aromatic N) is 1. The summed E-state index contributed by atoms with van der Waals surface area (Å²) < 4.78 is 5.74. The van der Waals surface area contributed by atoms with Crippen molar-refractivity contribution >= 4 is 11.8 Å². The van der Waals surface area contributed by atoms with Gasteiger partial charge in [-0.05, 0) is 30.7 Å². The molecule has 0 saturated heterocycles. The number of rotatable bonds is 7. The van der Waals surface area contributed by atoms with E-state index in [2.05, 4.69) is 29.0 Å². The van der Waals surface area contributed by atoms with Crippen molar-refractivity contribution in [1.82, 2.24) is 15.2 Å². The van der Waals surface area contributed by atoms with Crippen molar-refractivity contribution in [2.45, 2.75) is 19.6 Å². The fourth-order valence-electron chi connectivity index (χ4n) is 1.65. The van der Waals surface area contributed by atoms with E-state index in [0.717, 1.165) is 11.5 Å². The van der Waals surface area contributed by atoms with E-state index in [1.165, 1.54) is 5.56 Å². The highest BCUT2D eigenvalue weighted by molar-refractivity contribution is 7.98. The van der Waals surface area contributed by atoms with Gasteiger partial charge in [-0.3, -0.25) is 4.98 Å². The van der Waals surface area contributed by atoms with E-state index in [-0.39, 0.29) is 5.69 Å². The molecule has 0 saturated carbocycles. The normalized spacial score (nSPS) is 12.3. The maximum Gasteiger partial charge on any atom is 0.340 e. The van der Waals surface area contributed by atoms with E-state index < -0.39 is 0 Å². The highest BCUT2D eigenvalue weighted by atomic mass is 32.2. The number of thioether (sulfide) groups is 1. The van der Waals surface area contributed by atoms with E-state index in [9.17, 15) is 4.79 Å². The van der Waals surface area contributed by atoms with Crippen molar-refractivity contribution in [1.29, 1.82) is 0 Å². The van der Waals surface area contributed by atoms with E-state index in [0.29, 0.717) is 24.1 Å². The number of benzene rings is 1. The number of nitrogens with one attached hydrogen (secondary N) is 2. The molecule has 0 spiro atoms. The Morgan fingerprint density at radius 1 is 1.35 bits per heavy atom. The van der Waals surface area contributed by atoms with Gasteiger partial charge in [0.15, 0.2) is 0 Å². The average Bonchev–Trinajstić information content (AvgIpc) is 2.84. The summed E-state index contributed by atoms with van der Waals surface area (Å²) in [6, 6.07) is 8.07. The zero-order valence-corrected chi connectivity index (χ0v) is 12.5. The quantitative estimate of drug-likeness (QED) is 0.822. The van der Waals surface area contributed by atoms with Gasteiger partial charge in [0.05, 0.1) is 12.4 Å². The molecule has 0 aliphatic carbocycles. The standard InChI is InChI=1S/C14H19N3O2S/c1-10-3-5-12(6-4-10)19-7-11(2)8-20-9-13-15-14(18)17-16-13/h3-6,11H,7-9H2,1-2H3,(H2,15,16,17,18). The Labute approximate surface area is 122 Å². The zero-order valence-electron chi connectivity index (χ0n) is 11.7. The number of hydrogen-bond donors (Lipinski definition) is 2. The third kappa shape index (κ3) is 4.77. The second-order valence-corrected chi connectivity index (χ2v) is 5.90. The van der Waals surface area contributed by atoms with Crippen molar-refractivity contribution in [2.75, 3.05) is 12.4 Å². The van der Waals surface area contributed by atoms with Crippen molar-refractivity contribution in [3.63, 3.8) is 0 Å². The van der Waals surface area contributed by atoms with Crippen molar-refractivity contribution in [2.24, 2.45) is 5.92 Å². The Kier molecular flexibility index (Phi) is 5.29. The molecule has 5 nitrogen and oxygen atoms in total. The predicted octanol–water partition coefficient (Wildman–Crippen LogP) is 2.35. The molecule has 0 bridgehead atoms. The Hall–Kier alpha value is -1.69. The minimum atomic E-state index is -0.253. The maximum atomic E-state index is 10.9. The molecule has 0 amide bonds. The third-order valence-corrected chi connectivity index (χ3v) is 4.03. The number of aromatic nitrogens is 3. The lowest BCUT2D eigenvalue weighted by molar-refractivity contribution is 0.273. The molecule has 0 aliphatic heterocycles. The largest absolute Gasteiger partial charge is 0.493 e. The molecule has 1 aromatic heterocycles. The van der Waals surface area contributed by atoms with Crippen LogP contribution in [0.25, 0.3) is 0 Å². The van der Waals surface area contributed by atoms with Gasteiger partial charge in [0.1, 0.15) is 11.6 Å². The van der Waals surface area contributed by atoms with Crippen LogP contribution < -0.4 is 10.4 Å². The first-order valence-corrected chi connectivity index (χ1v) is 7.69. The van der Waals surface area contributed by atoms with Crippen LogP contribution in [0, 0.1) is 12.8 Å². The van der Waals surface area contributed by atoms with Crippen molar-refractivity contribution < 1.29 is 4.74 Å². The van der Waals surface area contributed by atoms with Gasteiger partial charge in [-0.25, -0.2) is 9.89 Å². The van der Waals surface area contributed by atoms with Crippen molar-refractivity contribution in [3.05, 3.63) is 46.1 Å². The Bertz CT molecular complexity index is 577. The van der Waals surface area contributed by atoms with Gasteiger partial charge in [0, 0.05) is 0 Å². The fourth-order valence-corrected chi connectivity index (χ4v) is 2.60. The number of H-pyrrole nitrogens is 2. The van der Waals surface area contributed by atoms with Crippen LogP contribution in [-0.2, 0) is 5.75 Å². The molecule has 2 aromatic rings. The molecule has 0 fully saturated rings. The summed E-state index contributed by atoms with van der Waals surface area (Å²) in [6.07, 6.45) is 0. The topological polar surface area (TPSA) is 70.8 Å². The van der Waals surface area contributed by atoms with Gasteiger partial charge in [0.25, 0.3) is 0 Å². The maximum absolute atomic E-state index is 10.9. The molecule has 1 atom stereocenters. The van der Waals surface area contributed by atoms with Crippen LogP contribution in [0.4, 0.5) is 0 Å². The van der Waals surface area contributed by atoms with Gasteiger partial charge < -0.3 is 4.74 Å². The number of aryl methyl sites for hydroxylation is 1. The molecule has 0 radical (unpaired) electrons. The van der Waals surface area contributed by atoms with Crippen molar-refractivity contribution in [3.8, 4) is 5.75 Å². The lowest BCUT2D eigenvalue weighted by Gasteiger charge is -2.12. The SMILES string of the molecule is Cc1ccc(OCC(C)CSCc2n[nH]c(=O)[nH]2)cc1. The van der Waals surface area contributed by atoms with E-state index in [1.54, 1.807) is 11.8 Å². The molecule has 108 valence electrons. The predicted molar refractivity (Wildman–Crippen MR) is 81.2 cm³/mol. The van der Waals surface area contributed by atoms with Crippen LogP contribution in [0.5, 0.6) is 5.75 Å². The molecule has 2 N–H and O–H groups in total. The van der Waals surface area contributed by atoms with Crippen LogP contribution in [0.3, 0.4) is 0 Å². The number of hydrogen-bond acceptors (Lipinski definition) is 4. The molecular formula is C14H19N3O2S. The average molecular weight is 293 g/mol. The highest BCUT2D eigenvalue weighted by Gasteiger charge is 2.05. The van der Waals surface area contributed by atoms with Gasteiger partial charge in [0.2, 0.25) is 0 Å². The summed E-state index contributed by atoms with van der Waals surface area (Å²) in [5, 5.41) is 6.23. The second kappa shape index (κ2) is 7.19. The lowest BCUT2D eigenvalue weighted by atomic mass is 10.2. The first-order chi connectivity index (χ1) is 9.63. The van der Waals surface area contributed by atoms with E-state index in [4.69, 9.17) is 4.74 Å². The number of ether oxygens (including phenoxy) is 1. The molecule has 2 rings (SSSR count). The molecule has 6 heteroatoms. The highest BCUT2D eigenvalue weighted by Crippen LogP contribution is 2.16. The van der Waals surface area contributed by atoms with Crippen LogP contribution in [-0.4, -0.2) is 27.5 Å². The molecule has 20 heavy (non-hydrogen) atoms. The Morgan fingerprint density at radius 3 is 2.75 bits per heavy atom. The molecule has 0 aliphatic rings. The van der Waals surface area contributed by atoms with Crippen LogP contribution in [0.2, 0.25) is 0 Å². The Balaban J connectivity index is 1.66. The second-order valence-electron chi connectivity index (χ2n) is 4.87. The van der Waals surface area contributed by atoms with Gasteiger partial charge in [-0.1, -0.05) is 24.6 Å². The minimum Gasteiger partial charge on any atom is -0.493 e. The summed E-state index contributed by atoms with van der Waals surface area (Å²) in [6.45, 7) is 4.89. The van der Waals surface area contributed by atoms with Crippen LogP contribution >= 0.6 is 11.8 Å². The first-order valence-electron chi connectivity index (χ1n) is 6.54. The van der Waals surface area contributed by atoms with E-state index >= 15 is 0 Å². The smallest absolute Gasteiger partial charge is 0.340 e. The fraction of sp³-hybridized carbons (Fsp3) is 0.429. The minimum absolute atomic E-state index is 0.253. The first kappa shape index (κ1) is 14.7. The molecule has 1 unspecified atom stereocenters. The molecular weight excluding hydrogens is 274 g/mol. The van der Waals surface area contributed by atoms with Crippen LogP contribution in [0.15, 0.2) is 29.1 Å². The van der Waals surface area contributed by atoms with Gasteiger partial charge in [-0.2, -0.15) is 16.9 Å². The summed E-state index contributed by atoms with van der Waals surface area (Å²) in [7, 11) is 0. The molecule has 1 aromatic carbocycles. The number of aromatic amines is 2. The van der Waals surface area contributed by atoms with Gasteiger partial charge in [-0.15, -0.1) is 0 Å². The molecule has 1 heterocycles. The summed E-state index contributed by atoms with van der Waals surface area (Å²) in [5.74, 6) is 3.69. The Morgan fingerprint density at radius 2 is 2.10 bits per heavy atom. The monoisotopic (exact) mass is 293 g/mol. The van der Waals surface area contributed by atoms with E-state index in [1.807, 2.05) is 24.3 Å². The zero-order chi connectivity index (χ0) is 14.4. The van der Waals surface area contributed by atoms with Crippen LogP contribution in [0.1, 0.15) is 18.3 Å². The third-order valence-electron chi connectivity index (χ3n) is 2.75. The summed E-state index contributed by atoms with van der Waals surface area (Å²) in [4.78, 5) is 13.5. The van der Waals surface area contributed by atoms with Gasteiger partial charge >= 0.3 is 5.69 Å². The summed E-state index contributed by atoms with van der Waals surface area (Å²) in [5.41, 5.74) is 0.977. The lowest BCUT2D eigenvalue weighted by Crippen LogP contribution is -2.11. The summed E-state index contributed by atoms with van der Waals surface area (Å²) >= 11 is 1.73.